The Bertz CT molecular complexity index is 761. The Hall–Kier alpha value is -1.79. The zero-order valence-electron chi connectivity index (χ0n) is 12.1. The molecule has 0 saturated heterocycles. The average molecular weight is 363 g/mol. The van der Waals surface area contributed by atoms with E-state index < -0.39 is 11.7 Å². The second kappa shape index (κ2) is 6.37. The third kappa shape index (κ3) is 3.76. The fourth-order valence-corrected chi connectivity index (χ4v) is 2.36. The normalized spacial score (nSPS) is 11.4. The lowest BCUT2D eigenvalue weighted by atomic mass is 10.1. The number of carbonyl (C=O) groups is 1. The molecule has 3 nitrogen and oxygen atoms in total. The molecule has 0 aliphatic rings. The summed E-state index contributed by atoms with van der Waals surface area (Å²) in [6.07, 6.45) is -3.83. The quantitative estimate of drug-likeness (QED) is 0.770. The molecule has 1 aromatic carbocycles. The minimum absolute atomic E-state index is 0.143. The summed E-state index contributed by atoms with van der Waals surface area (Å²) >= 11 is 11.9. The highest BCUT2D eigenvalue weighted by Gasteiger charge is 2.31. The lowest BCUT2D eigenvalue weighted by Gasteiger charge is -2.13. The summed E-state index contributed by atoms with van der Waals surface area (Å²) in [7, 11) is 3.13. The van der Waals surface area contributed by atoms with Crippen molar-refractivity contribution in [1.29, 1.82) is 0 Å². The standard InChI is InChI=1S/C15H11Cl2F3N2O/c1-22(2)14(23)10-5-8(3-4-11(10)16)13-12(17)6-9(7-21-13)15(18,19)20/h3-7H,1-2H3. The van der Waals surface area contributed by atoms with E-state index in [1.807, 2.05) is 0 Å². The van der Waals surface area contributed by atoms with Gasteiger partial charge in [0.05, 0.1) is 26.9 Å². The first-order valence-corrected chi connectivity index (χ1v) is 7.11. The summed E-state index contributed by atoms with van der Waals surface area (Å²) in [5, 5.41) is 0.0703. The largest absolute Gasteiger partial charge is 0.417 e. The van der Waals surface area contributed by atoms with Gasteiger partial charge < -0.3 is 4.90 Å². The van der Waals surface area contributed by atoms with Gasteiger partial charge in [-0.2, -0.15) is 13.2 Å². The molecule has 1 aromatic heterocycles. The van der Waals surface area contributed by atoms with Gasteiger partial charge in [-0.15, -0.1) is 0 Å². The van der Waals surface area contributed by atoms with E-state index in [4.69, 9.17) is 23.2 Å². The van der Waals surface area contributed by atoms with Crippen LogP contribution in [-0.2, 0) is 6.18 Å². The van der Waals surface area contributed by atoms with Crippen LogP contribution in [0.1, 0.15) is 15.9 Å². The van der Waals surface area contributed by atoms with Gasteiger partial charge >= 0.3 is 6.18 Å². The topological polar surface area (TPSA) is 33.2 Å². The number of aromatic nitrogens is 1. The van der Waals surface area contributed by atoms with Gasteiger partial charge in [0.1, 0.15) is 0 Å². The Morgan fingerprint density at radius 2 is 1.78 bits per heavy atom. The Morgan fingerprint density at radius 3 is 2.30 bits per heavy atom. The van der Waals surface area contributed by atoms with Crippen molar-refractivity contribution in [2.24, 2.45) is 0 Å². The molecule has 0 N–H and O–H groups in total. The fraction of sp³-hybridized carbons (Fsp3) is 0.200. The predicted molar refractivity (Wildman–Crippen MR) is 82.7 cm³/mol. The average Bonchev–Trinajstić information content (AvgIpc) is 2.46. The van der Waals surface area contributed by atoms with Crippen LogP contribution < -0.4 is 0 Å². The lowest BCUT2D eigenvalue weighted by Crippen LogP contribution is -2.22. The smallest absolute Gasteiger partial charge is 0.345 e. The molecule has 0 aliphatic carbocycles. The zero-order valence-corrected chi connectivity index (χ0v) is 13.6. The number of amides is 1. The molecular formula is C15H11Cl2F3N2O. The molecule has 0 saturated carbocycles. The maximum Gasteiger partial charge on any atom is 0.417 e. The van der Waals surface area contributed by atoms with Crippen molar-refractivity contribution in [3.63, 3.8) is 0 Å². The van der Waals surface area contributed by atoms with Crippen LogP contribution >= 0.6 is 23.2 Å². The van der Waals surface area contributed by atoms with Crippen molar-refractivity contribution in [3.8, 4) is 11.3 Å². The Morgan fingerprint density at radius 1 is 1.13 bits per heavy atom. The van der Waals surface area contributed by atoms with E-state index in [2.05, 4.69) is 4.98 Å². The highest BCUT2D eigenvalue weighted by atomic mass is 35.5. The third-order valence-corrected chi connectivity index (χ3v) is 3.66. The summed E-state index contributed by atoms with van der Waals surface area (Å²) < 4.78 is 37.9. The molecule has 2 aromatic rings. The molecule has 1 heterocycles. The van der Waals surface area contributed by atoms with E-state index in [1.54, 1.807) is 14.1 Å². The first-order valence-electron chi connectivity index (χ1n) is 6.35. The van der Waals surface area contributed by atoms with Crippen molar-refractivity contribution in [3.05, 3.63) is 51.6 Å². The molecule has 0 aliphatic heterocycles. The maximum absolute atomic E-state index is 12.6. The molecule has 122 valence electrons. The van der Waals surface area contributed by atoms with Gasteiger partial charge in [0.25, 0.3) is 5.91 Å². The van der Waals surface area contributed by atoms with Crippen LogP contribution in [0.15, 0.2) is 30.5 Å². The second-order valence-corrected chi connectivity index (χ2v) is 5.76. The number of nitrogens with zero attached hydrogens (tertiary/aromatic N) is 2. The Labute approximate surface area is 140 Å². The van der Waals surface area contributed by atoms with Gasteiger partial charge in [0.15, 0.2) is 0 Å². The van der Waals surface area contributed by atoms with E-state index in [1.165, 1.54) is 23.1 Å². The summed E-state index contributed by atoms with van der Waals surface area (Å²) in [5.74, 6) is -0.333. The fourth-order valence-electron chi connectivity index (χ4n) is 1.88. The van der Waals surface area contributed by atoms with Crippen molar-refractivity contribution in [1.82, 2.24) is 9.88 Å². The number of benzene rings is 1. The van der Waals surface area contributed by atoms with Gasteiger partial charge in [0.2, 0.25) is 0 Å². The van der Waals surface area contributed by atoms with Gasteiger partial charge in [0, 0.05) is 25.9 Å². The number of alkyl halides is 3. The highest BCUT2D eigenvalue weighted by Crippen LogP contribution is 2.35. The molecule has 0 unspecified atom stereocenters. The van der Waals surface area contributed by atoms with Crippen LogP contribution in [0.3, 0.4) is 0 Å². The van der Waals surface area contributed by atoms with Crippen LogP contribution in [0, 0.1) is 0 Å². The van der Waals surface area contributed by atoms with Crippen LogP contribution in [0.2, 0.25) is 10.0 Å². The molecule has 0 fully saturated rings. The third-order valence-electron chi connectivity index (χ3n) is 3.04. The summed E-state index contributed by atoms with van der Waals surface area (Å²) in [5.41, 5.74) is -0.181. The first-order chi connectivity index (χ1) is 10.6. The van der Waals surface area contributed by atoms with Crippen molar-refractivity contribution >= 4 is 29.1 Å². The molecule has 0 bridgehead atoms. The van der Waals surface area contributed by atoms with Gasteiger partial charge in [-0.25, -0.2) is 0 Å². The van der Waals surface area contributed by atoms with Crippen LogP contribution in [0.25, 0.3) is 11.3 Å². The number of pyridine rings is 1. The van der Waals surface area contributed by atoms with Crippen LogP contribution in [0.5, 0.6) is 0 Å². The van der Waals surface area contributed by atoms with Crippen LogP contribution in [-0.4, -0.2) is 29.9 Å². The SMILES string of the molecule is CN(C)C(=O)c1cc(-c2ncc(C(F)(F)F)cc2Cl)ccc1Cl. The molecular weight excluding hydrogens is 352 g/mol. The minimum atomic E-state index is -4.53. The maximum atomic E-state index is 12.6. The van der Waals surface area contributed by atoms with Gasteiger partial charge in [-0.3, -0.25) is 9.78 Å². The van der Waals surface area contributed by atoms with Crippen molar-refractivity contribution < 1.29 is 18.0 Å². The number of rotatable bonds is 2. The van der Waals surface area contributed by atoms with E-state index in [-0.39, 0.29) is 27.2 Å². The molecule has 8 heteroatoms. The number of hydrogen-bond acceptors (Lipinski definition) is 2. The van der Waals surface area contributed by atoms with Crippen molar-refractivity contribution in [2.75, 3.05) is 14.1 Å². The molecule has 23 heavy (non-hydrogen) atoms. The van der Waals surface area contributed by atoms with E-state index >= 15 is 0 Å². The van der Waals surface area contributed by atoms with Gasteiger partial charge in [-0.1, -0.05) is 29.3 Å². The van der Waals surface area contributed by atoms with E-state index in [9.17, 15) is 18.0 Å². The van der Waals surface area contributed by atoms with E-state index in [0.29, 0.717) is 11.8 Å². The molecule has 1 amide bonds. The monoisotopic (exact) mass is 362 g/mol. The first kappa shape index (κ1) is 17.6. The summed E-state index contributed by atoms with van der Waals surface area (Å²) in [6, 6.07) is 5.26. The molecule has 2 rings (SSSR count). The summed E-state index contributed by atoms with van der Waals surface area (Å²) in [6.45, 7) is 0. The predicted octanol–water partition coefficient (Wildman–Crippen LogP) is 4.78. The second-order valence-electron chi connectivity index (χ2n) is 4.95. The number of carbonyl (C=O) groups excluding carboxylic acids is 1. The lowest BCUT2D eigenvalue weighted by molar-refractivity contribution is -0.137. The van der Waals surface area contributed by atoms with Gasteiger partial charge in [-0.05, 0) is 18.2 Å². The summed E-state index contributed by atoms with van der Waals surface area (Å²) in [4.78, 5) is 17.2. The Balaban J connectivity index is 2.51. The van der Waals surface area contributed by atoms with E-state index in [0.717, 1.165) is 6.07 Å². The molecule has 0 spiro atoms. The zero-order chi connectivity index (χ0) is 17.4. The van der Waals surface area contributed by atoms with Crippen molar-refractivity contribution in [2.45, 2.75) is 6.18 Å². The Kier molecular flexibility index (Phi) is 4.87. The molecule has 0 radical (unpaired) electrons. The number of hydrogen-bond donors (Lipinski definition) is 0. The highest BCUT2D eigenvalue weighted by molar-refractivity contribution is 6.34. The van der Waals surface area contributed by atoms with Crippen LogP contribution in [0.4, 0.5) is 13.2 Å². The number of halogens is 5. The molecule has 0 atom stereocenters. The minimum Gasteiger partial charge on any atom is -0.345 e.